The van der Waals surface area contributed by atoms with Gasteiger partial charge in [-0.2, -0.15) is 10.4 Å². The molecule has 0 fully saturated rings. The number of hydrogen-bond acceptors (Lipinski definition) is 4. The standard InChI is InChI=1S/C10H15N3S/c1-8(2)11-12-13-14-10-7-5-4-6-9(10)3/h4-7,11-13H,1H2,2-3H3. The van der Waals surface area contributed by atoms with Crippen LogP contribution in [-0.2, 0) is 0 Å². The number of rotatable bonds is 5. The van der Waals surface area contributed by atoms with Crippen LogP contribution in [0, 0.1) is 6.92 Å². The van der Waals surface area contributed by atoms with Crippen LogP contribution in [0.3, 0.4) is 0 Å². The zero-order valence-electron chi connectivity index (χ0n) is 8.42. The number of aryl methyl sites for hydroxylation is 1. The molecular weight excluding hydrogens is 194 g/mol. The third kappa shape index (κ3) is 3.83. The highest BCUT2D eigenvalue weighted by molar-refractivity contribution is 7.97. The van der Waals surface area contributed by atoms with Crippen LogP contribution in [-0.4, -0.2) is 0 Å². The van der Waals surface area contributed by atoms with Crippen LogP contribution >= 0.6 is 11.9 Å². The third-order valence-electron chi connectivity index (χ3n) is 1.58. The van der Waals surface area contributed by atoms with Crippen LogP contribution in [0.4, 0.5) is 0 Å². The van der Waals surface area contributed by atoms with Gasteiger partial charge in [0.25, 0.3) is 0 Å². The molecule has 1 aromatic rings. The summed E-state index contributed by atoms with van der Waals surface area (Å²) in [5.41, 5.74) is 7.80. The molecule has 0 saturated heterocycles. The average molecular weight is 209 g/mol. The van der Waals surface area contributed by atoms with E-state index in [9.17, 15) is 0 Å². The van der Waals surface area contributed by atoms with Crippen molar-refractivity contribution in [2.24, 2.45) is 0 Å². The van der Waals surface area contributed by atoms with Crippen molar-refractivity contribution in [2.45, 2.75) is 18.7 Å². The van der Waals surface area contributed by atoms with E-state index >= 15 is 0 Å². The summed E-state index contributed by atoms with van der Waals surface area (Å²) in [5.74, 6) is 0. The summed E-state index contributed by atoms with van der Waals surface area (Å²) in [6.07, 6.45) is 0. The van der Waals surface area contributed by atoms with Gasteiger partial charge in [-0.3, -0.25) is 0 Å². The molecule has 0 unspecified atom stereocenters. The molecule has 1 rings (SSSR count). The Kier molecular flexibility index (Phi) is 4.52. The summed E-state index contributed by atoms with van der Waals surface area (Å²) in [7, 11) is 0. The van der Waals surface area contributed by atoms with Gasteiger partial charge in [0.15, 0.2) is 0 Å². The first kappa shape index (κ1) is 11.1. The lowest BCUT2D eigenvalue weighted by Gasteiger charge is -2.09. The zero-order chi connectivity index (χ0) is 10.4. The van der Waals surface area contributed by atoms with Crippen LogP contribution in [0.5, 0.6) is 0 Å². The normalized spacial score (nSPS) is 9.86. The van der Waals surface area contributed by atoms with Crippen molar-refractivity contribution in [3.63, 3.8) is 0 Å². The lowest BCUT2D eigenvalue weighted by Crippen LogP contribution is -2.37. The van der Waals surface area contributed by atoms with Crippen molar-refractivity contribution >= 4 is 11.9 Å². The molecule has 0 radical (unpaired) electrons. The fourth-order valence-electron chi connectivity index (χ4n) is 0.884. The molecule has 1 aromatic carbocycles. The maximum absolute atomic E-state index is 3.69. The highest BCUT2D eigenvalue weighted by Crippen LogP contribution is 2.17. The summed E-state index contributed by atoms with van der Waals surface area (Å²) in [5, 5.41) is 0. The van der Waals surface area contributed by atoms with E-state index in [2.05, 4.69) is 41.4 Å². The van der Waals surface area contributed by atoms with Gasteiger partial charge in [0.2, 0.25) is 0 Å². The molecule has 0 aliphatic rings. The minimum Gasteiger partial charge on any atom is -0.312 e. The molecule has 0 amide bonds. The van der Waals surface area contributed by atoms with Gasteiger partial charge < -0.3 is 5.43 Å². The summed E-state index contributed by atoms with van der Waals surface area (Å²) in [6.45, 7) is 7.66. The second-order valence-electron chi connectivity index (χ2n) is 3.00. The van der Waals surface area contributed by atoms with Crippen LogP contribution in [0.25, 0.3) is 0 Å². The Balaban J connectivity index is 2.31. The second kappa shape index (κ2) is 5.70. The first-order chi connectivity index (χ1) is 6.70. The Bertz CT molecular complexity index is 312. The van der Waals surface area contributed by atoms with Crippen molar-refractivity contribution in [1.82, 2.24) is 15.8 Å². The van der Waals surface area contributed by atoms with Crippen LogP contribution < -0.4 is 15.8 Å². The predicted octanol–water partition coefficient (Wildman–Crippen LogP) is 2.13. The highest BCUT2D eigenvalue weighted by Gasteiger charge is 1.95. The molecule has 0 heterocycles. The van der Waals surface area contributed by atoms with Gasteiger partial charge in [-0.15, -0.1) is 0 Å². The fraction of sp³-hybridized carbons (Fsp3) is 0.200. The molecular formula is C10H15N3S. The Hall–Kier alpha value is -0.970. The minimum absolute atomic E-state index is 0.864. The number of nitrogens with one attached hydrogen (secondary N) is 3. The number of allylic oxidation sites excluding steroid dienone is 1. The van der Waals surface area contributed by atoms with E-state index in [0.29, 0.717) is 0 Å². The monoisotopic (exact) mass is 209 g/mol. The maximum Gasteiger partial charge on any atom is 0.0270 e. The Morgan fingerprint density at radius 1 is 1.36 bits per heavy atom. The SMILES string of the molecule is C=C(C)NNNSc1ccccc1C. The second-order valence-corrected chi connectivity index (χ2v) is 3.85. The van der Waals surface area contributed by atoms with Crippen molar-refractivity contribution < 1.29 is 0 Å². The average Bonchev–Trinajstić information content (AvgIpc) is 2.15. The smallest absolute Gasteiger partial charge is 0.0270 e. The molecule has 0 spiro atoms. The summed E-state index contributed by atoms with van der Waals surface area (Å²) in [4.78, 5) is 4.17. The van der Waals surface area contributed by atoms with Crippen molar-refractivity contribution in [2.75, 3.05) is 0 Å². The molecule has 0 saturated carbocycles. The Morgan fingerprint density at radius 3 is 2.71 bits per heavy atom. The predicted molar refractivity (Wildman–Crippen MR) is 61.3 cm³/mol. The largest absolute Gasteiger partial charge is 0.312 e. The van der Waals surface area contributed by atoms with E-state index in [-0.39, 0.29) is 0 Å². The molecule has 3 nitrogen and oxygen atoms in total. The van der Waals surface area contributed by atoms with Crippen LogP contribution in [0.1, 0.15) is 12.5 Å². The first-order valence-corrected chi connectivity index (χ1v) is 5.16. The van der Waals surface area contributed by atoms with Gasteiger partial charge in [-0.25, -0.2) is 0 Å². The summed E-state index contributed by atoms with van der Waals surface area (Å²) < 4.78 is 0. The third-order valence-corrected chi connectivity index (χ3v) is 2.46. The molecule has 3 N–H and O–H groups in total. The summed E-state index contributed by atoms with van der Waals surface area (Å²) in [6, 6.07) is 8.19. The highest BCUT2D eigenvalue weighted by atomic mass is 32.2. The maximum atomic E-state index is 3.69. The van der Waals surface area contributed by atoms with E-state index in [0.717, 1.165) is 5.70 Å². The molecule has 0 bridgehead atoms. The minimum atomic E-state index is 0.864. The lowest BCUT2D eigenvalue weighted by atomic mass is 10.2. The Labute approximate surface area is 89.0 Å². The zero-order valence-corrected chi connectivity index (χ0v) is 9.24. The van der Waals surface area contributed by atoms with Crippen molar-refractivity contribution in [1.29, 1.82) is 0 Å². The molecule has 0 atom stereocenters. The van der Waals surface area contributed by atoms with E-state index < -0.39 is 0 Å². The summed E-state index contributed by atoms with van der Waals surface area (Å²) >= 11 is 1.52. The number of hydrazine groups is 2. The van der Waals surface area contributed by atoms with Gasteiger partial charge in [-0.05, 0) is 37.4 Å². The topological polar surface area (TPSA) is 36.1 Å². The molecule has 14 heavy (non-hydrogen) atoms. The number of hydrogen-bond donors (Lipinski definition) is 3. The quantitative estimate of drug-likeness (QED) is 0.394. The van der Waals surface area contributed by atoms with Crippen LogP contribution in [0.2, 0.25) is 0 Å². The van der Waals surface area contributed by atoms with Crippen molar-refractivity contribution in [3.8, 4) is 0 Å². The Morgan fingerprint density at radius 2 is 2.07 bits per heavy atom. The number of benzene rings is 1. The molecule has 0 aromatic heterocycles. The van der Waals surface area contributed by atoms with E-state index in [1.165, 1.54) is 22.4 Å². The van der Waals surface area contributed by atoms with Gasteiger partial charge >= 0.3 is 0 Å². The van der Waals surface area contributed by atoms with Gasteiger partial charge in [0.1, 0.15) is 0 Å². The van der Waals surface area contributed by atoms with Crippen molar-refractivity contribution in [3.05, 3.63) is 42.1 Å². The van der Waals surface area contributed by atoms with E-state index in [1.807, 2.05) is 19.1 Å². The molecule has 4 heteroatoms. The molecule has 0 aliphatic carbocycles. The fourth-order valence-corrected chi connectivity index (χ4v) is 1.47. The first-order valence-electron chi connectivity index (χ1n) is 4.34. The van der Waals surface area contributed by atoms with E-state index in [1.54, 1.807) is 0 Å². The molecule has 76 valence electrons. The lowest BCUT2D eigenvalue weighted by molar-refractivity contribution is 0.591. The van der Waals surface area contributed by atoms with Gasteiger partial charge in [-0.1, -0.05) is 24.8 Å². The van der Waals surface area contributed by atoms with E-state index in [4.69, 9.17) is 0 Å². The van der Waals surface area contributed by atoms with Gasteiger partial charge in [0, 0.05) is 10.6 Å². The van der Waals surface area contributed by atoms with Gasteiger partial charge in [0.05, 0.1) is 0 Å². The van der Waals surface area contributed by atoms with Crippen LogP contribution in [0.15, 0.2) is 41.4 Å². The molecule has 0 aliphatic heterocycles.